The van der Waals surface area contributed by atoms with Crippen LogP contribution in [0.1, 0.15) is 47.7 Å². The molecule has 5 nitrogen and oxygen atoms in total. The maximum Gasteiger partial charge on any atom is 0.219 e. The minimum Gasteiger partial charge on any atom is -0.345 e. The van der Waals surface area contributed by atoms with Crippen LogP contribution in [0.2, 0.25) is 0 Å². The van der Waals surface area contributed by atoms with Crippen molar-refractivity contribution in [2.75, 3.05) is 26.2 Å². The number of hydrogen-bond acceptors (Lipinski definition) is 3. The molecule has 0 aromatic heterocycles. The number of ketones is 1. The average molecular weight is 342 g/mol. The van der Waals surface area contributed by atoms with Crippen molar-refractivity contribution in [3.05, 3.63) is 34.9 Å². The highest BCUT2D eigenvalue weighted by Gasteiger charge is 2.23. The van der Waals surface area contributed by atoms with E-state index in [2.05, 4.69) is 6.07 Å². The van der Waals surface area contributed by atoms with Crippen LogP contribution in [0.3, 0.4) is 0 Å². The van der Waals surface area contributed by atoms with Crippen LogP contribution < -0.4 is 0 Å². The summed E-state index contributed by atoms with van der Waals surface area (Å²) in [6.07, 6.45) is 4.95. The van der Waals surface area contributed by atoms with E-state index in [-0.39, 0.29) is 11.7 Å². The third kappa shape index (κ3) is 4.27. The quantitative estimate of drug-likeness (QED) is 0.622. The normalized spacial score (nSPS) is 18.4. The van der Waals surface area contributed by atoms with Gasteiger partial charge in [0.05, 0.1) is 0 Å². The Morgan fingerprint density at radius 2 is 1.76 bits per heavy atom. The van der Waals surface area contributed by atoms with Crippen LogP contribution in [-0.4, -0.2) is 54.1 Å². The van der Waals surface area contributed by atoms with Crippen molar-refractivity contribution in [2.45, 2.75) is 39.0 Å². The summed E-state index contributed by atoms with van der Waals surface area (Å²) in [4.78, 5) is 38.7. The molecule has 0 aliphatic carbocycles. The van der Waals surface area contributed by atoms with E-state index in [4.69, 9.17) is 0 Å². The second kappa shape index (κ2) is 7.81. The number of fused-ring (bicyclic) bond motifs is 1. The first-order chi connectivity index (χ1) is 12.1. The number of rotatable bonds is 4. The predicted octanol–water partition coefficient (Wildman–Crippen LogP) is 2.07. The molecule has 5 heteroatoms. The first kappa shape index (κ1) is 17.6. The predicted molar refractivity (Wildman–Crippen MR) is 95.4 cm³/mol. The van der Waals surface area contributed by atoms with Gasteiger partial charge in [-0.1, -0.05) is 12.1 Å². The molecular formula is C20H26N2O3. The van der Waals surface area contributed by atoms with E-state index >= 15 is 0 Å². The maximum atomic E-state index is 12.7. The Balaban J connectivity index is 1.61. The van der Waals surface area contributed by atoms with Gasteiger partial charge < -0.3 is 9.80 Å². The van der Waals surface area contributed by atoms with Gasteiger partial charge in [0.2, 0.25) is 12.3 Å². The SMILES string of the molecule is CC(=O)N1CCC(CC(=O)c2ccc3c(c2)CCN(C=O)CC3)CC1. The molecule has 0 atom stereocenters. The summed E-state index contributed by atoms with van der Waals surface area (Å²) in [7, 11) is 0. The number of hydrogen-bond donors (Lipinski definition) is 0. The zero-order valence-electron chi connectivity index (χ0n) is 14.9. The van der Waals surface area contributed by atoms with Crippen molar-refractivity contribution < 1.29 is 14.4 Å². The Morgan fingerprint density at radius 1 is 1.08 bits per heavy atom. The van der Waals surface area contributed by atoms with E-state index < -0.39 is 0 Å². The van der Waals surface area contributed by atoms with Gasteiger partial charge in [0.25, 0.3) is 0 Å². The lowest BCUT2D eigenvalue weighted by Crippen LogP contribution is -2.37. The molecule has 25 heavy (non-hydrogen) atoms. The number of amides is 2. The fourth-order valence-corrected chi connectivity index (χ4v) is 3.85. The molecule has 0 radical (unpaired) electrons. The summed E-state index contributed by atoms with van der Waals surface area (Å²) in [6, 6.07) is 6.01. The molecule has 0 bridgehead atoms. The fourth-order valence-electron chi connectivity index (χ4n) is 3.85. The Bertz CT molecular complexity index is 663. The topological polar surface area (TPSA) is 57.7 Å². The van der Waals surface area contributed by atoms with Crippen LogP contribution in [0, 0.1) is 5.92 Å². The van der Waals surface area contributed by atoms with Gasteiger partial charge >= 0.3 is 0 Å². The van der Waals surface area contributed by atoms with Crippen molar-refractivity contribution in [1.82, 2.24) is 9.80 Å². The molecule has 1 saturated heterocycles. The first-order valence-corrected chi connectivity index (χ1v) is 9.16. The molecule has 1 fully saturated rings. The summed E-state index contributed by atoms with van der Waals surface area (Å²) in [5, 5.41) is 0. The van der Waals surface area contributed by atoms with Crippen molar-refractivity contribution in [1.29, 1.82) is 0 Å². The zero-order chi connectivity index (χ0) is 17.8. The summed E-state index contributed by atoms with van der Waals surface area (Å²) < 4.78 is 0. The molecule has 2 heterocycles. The van der Waals surface area contributed by atoms with Gasteiger partial charge in [-0.15, -0.1) is 0 Å². The molecule has 0 saturated carbocycles. The number of piperidine rings is 1. The molecule has 3 rings (SSSR count). The second-order valence-corrected chi connectivity index (χ2v) is 7.20. The van der Waals surface area contributed by atoms with Crippen molar-refractivity contribution >= 4 is 18.1 Å². The van der Waals surface area contributed by atoms with Gasteiger partial charge in [-0.2, -0.15) is 0 Å². The molecule has 0 N–H and O–H groups in total. The average Bonchev–Trinajstić information content (AvgIpc) is 2.83. The maximum absolute atomic E-state index is 12.7. The van der Waals surface area contributed by atoms with Gasteiger partial charge in [0.15, 0.2) is 5.78 Å². The first-order valence-electron chi connectivity index (χ1n) is 9.16. The third-order valence-electron chi connectivity index (χ3n) is 5.55. The fraction of sp³-hybridized carbons (Fsp3) is 0.550. The van der Waals surface area contributed by atoms with E-state index in [0.29, 0.717) is 12.3 Å². The van der Waals surface area contributed by atoms with E-state index in [1.807, 2.05) is 17.0 Å². The molecule has 0 unspecified atom stereocenters. The smallest absolute Gasteiger partial charge is 0.219 e. The molecule has 1 aromatic carbocycles. The highest BCUT2D eigenvalue weighted by Crippen LogP contribution is 2.24. The van der Waals surface area contributed by atoms with Crippen LogP contribution in [0.25, 0.3) is 0 Å². The number of benzene rings is 1. The molecule has 134 valence electrons. The van der Waals surface area contributed by atoms with Crippen LogP contribution >= 0.6 is 0 Å². The van der Waals surface area contributed by atoms with Crippen LogP contribution in [0.5, 0.6) is 0 Å². The van der Waals surface area contributed by atoms with E-state index in [1.165, 1.54) is 11.1 Å². The van der Waals surface area contributed by atoms with Gasteiger partial charge in [0.1, 0.15) is 0 Å². The van der Waals surface area contributed by atoms with Gasteiger partial charge in [-0.25, -0.2) is 0 Å². The largest absolute Gasteiger partial charge is 0.345 e. The van der Waals surface area contributed by atoms with Crippen LogP contribution in [0.15, 0.2) is 18.2 Å². The van der Waals surface area contributed by atoms with Crippen molar-refractivity contribution in [3.63, 3.8) is 0 Å². The lowest BCUT2D eigenvalue weighted by molar-refractivity contribution is -0.130. The number of likely N-dealkylation sites (tertiary alicyclic amines) is 1. The Morgan fingerprint density at radius 3 is 2.40 bits per heavy atom. The van der Waals surface area contributed by atoms with E-state index in [1.54, 1.807) is 11.8 Å². The number of carbonyl (C=O) groups is 3. The second-order valence-electron chi connectivity index (χ2n) is 7.20. The Hall–Kier alpha value is -2.17. The lowest BCUT2D eigenvalue weighted by atomic mass is 9.88. The molecule has 2 amide bonds. The minimum absolute atomic E-state index is 0.125. The van der Waals surface area contributed by atoms with E-state index in [9.17, 15) is 14.4 Å². The number of carbonyl (C=O) groups excluding carboxylic acids is 3. The van der Waals surface area contributed by atoms with Crippen molar-refractivity contribution in [3.8, 4) is 0 Å². The number of Topliss-reactive ketones (excluding diaryl/α,β-unsaturated/α-hetero) is 1. The van der Waals surface area contributed by atoms with Crippen molar-refractivity contribution in [2.24, 2.45) is 5.92 Å². The standard InChI is InChI=1S/C20H26N2O3/c1-15(24)22-10-4-16(5-11-22)12-20(25)19-3-2-17-6-8-21(14-23)9-7-18(17)13-19/h2-3,13-14,16H,4-12H2,1H3. The Kier molecular flexibility index (Phi) is 5.51. The summed E-state index contributed by atoms with van der Waals surface area (Å²) >= 11 is 0. The molecule has 2 aliphatic rings. The summed E-state index contributed by atoms with van der Waals surface area (Å²) in [6.45, 7) is 4.60. The molecule has 2 aliphatic heterocycles. The van der Waals surface area contributed by atoms with Crippen LogP contribution in [0.4, 0.5) is 0 Å². The van der Waals surface area contributed by atoms with E-state index in [0.717, 1.165) is 63.8 Å². The summed E-state index contributed by atoms with van der Waals surface area (Å²) in [5.74, 6) is 0.688. The molecular weight excluding hydrogens is 316 g/mol. The summed E-state index contributed by atoms with van der Waals surface area (Å²) in [5.41, 5.74) is 3.23. The molecule has 0 spiro atoms. The highest BCUT2D eigenvalue weighted by atomic mass is 16.2. The third-order valence-corrected chi connectivity index (χ3v) is 5.55. The number of nitrogens with zero attached hydrogens (tertiary/aromatic N) is 2. The zero-order valence-corrected chi connectivity index (χ0v) is 14.9. The highest BCUT2D eigenvalue weighted by molar-refractivity contribution is 5.96. The van der Waals surface area contributed by atoms with Crippen LogP contribution in [-0.2, 0) is 22.4 Å². The minimum atomic E-state index is 0.125. The Labute approximate surface area is 149 Å². The van der Waals surface area contributed by atoms with Gasteiger partial charge in [-0.3, -0.25) is 14.4 Å². The monoisotopic (exact) mass is 342 g/mol. The van der Waals surface area contributed by atoms with Gasteiger partial charge in [0, 0.05) is 45.1 Å². The van der Waals surface area contributed by atoms with Gasteiger partial charge in [-0.05, 0) is 48.8 Å². The lowest BCUT2D eigenvalue weighted by Gasteiger charge is -2.31. The molecule has 1 aromatic rings.